The molecule has 2 saturated heterocycles. The van der Waals surface area contributed by atoms with E-state index in [1.807, 2.05) is 0 Å². The fourth-order valence-electron chi connectivity index (χ4n) is 3.50. The van der Waals surface area contributed by atoms with Crippen molar-refractivity contribution >= 4 is 18.3 Å². The summed E-state index contributed by atoms with van der Waals surface area (Å²) in [5, 5.41) is 3.44. The number of piperidine rings is 2. The van der Waals surface area contributed by atoms with Crippen LogP contribution in [0.5, 0.6) is 0 Å². The molecule has 2 heterocycles. The minimum absolute atomic E-state index is 0. The molecule has 18 heavy (non-hydrogen) atoms. The van der Waals surface area contributed by atoms with E-state index in [0.717, 1.165) is 37.8 Å². The molecule has 104 valence electrons. The van der Waals surface area contributed by atoms with Crippen LogP contribution in [0.1, 0.15) is 38.5 Å². The van der Waals surface area contributed by atoms with Gasteiger partial charge in [0.05, 0.1) is 0 Å². The van der Waals surface area contributed by atoms with Gasteiger partial charge in [0.25, 0.3) is 0 Å². The van der Waals surface area contributed by atoms with E-state index in [1.54, 1.807) is 0 Å². The summed E-state index contributed by atoms with van der Waals surface area (Å²) in [6.07, 6.45) is 7.49. The van der Waals surface area contributed by atoms with Gasteiger partial charge in [-0.3, -0.25) is 4.79 Å². The van der Waals surface area contributed by atoms with Gasteiger partial charge in [0.1, 0.15) is 0 Å². The molecular formula is C14H25ClN2O. The minimum Gasteiger partial charge on any atom is -0.342 e. The predicted octanol–water partition coefficient (Wildman–Crippen LogP) is 2.06. The Kier molecular flexibility index (Phi) is 4.91. The van der Waals surface area contributed by atoms with Gasteiger partial charge in [-0.25, -0.2) is 0 Å². The van der Waals surface area contributed by atoms with E-state index in [4.69, 9.17) is 0 Å². The Balaban J connectivity index is 0.00000120. The van der Waals surface area contributed by atoms with Gasteiger partial charge >= 0.3 is 0 Å². The van der Waals surface area contributed by atoms with Crippen LogP contribution in [0.25, 0.3) is 0 Å². The first kappa shape index (κ1) is 14.1. The molecule has 0 unspecified atom stereocenters. The summed E-state index contributed by atoms with van der Waals surface area (Å²) in [5.41, 5.74) is 0. The van der Waals surface area contributed by atoms with E-state index in [-0.39, 0.29) is 12.4 Å². The number of hydrogen-bond acceptors (Lipinski definition) is 2. The van der Waals surface area contributed by atoms with Crippen molar-refractivity contribution in [2.75, 3.05) is 26.2 Å². The van der Waals surface area contributed by atoms with Crippen molar-refractivity contribution in [2.24, 2.45) is 17.8 Å². The van der Waals surface area contributed by atoms with Crippen LogP contribution in [0, 0.1) is 17.8 Å². The van der Waals surface area contributed by atoms with E-state index in [2.05, 4.69) is 10.2 Å². The Hall–Kier alpha value is -0.280. The summed E-state index contributed by atoms with van der Waals surface area (Å²) in [6, 6.07) is 0. The first-order chi connectivity index (χ1) is 8.34. The lowest BCUT2D eigenvalue weighted by atomic mass is 9.79. The summed E-state index contributed by atoms with van der Waals surface area (Å²) in [6.45, 7) is 4.46. The first-order valence-corrected chi connectivity index (χ1v) is 7.34. The Labute approximate surface area is 116 Å². The average Bonchev–Trinajstić information content (AvgIpc) is 3.24. The van der Waals surface area contributed by atoms with Crippen LogP contribution in [0.3, 0.4) is 0 Å². The van der Waals surface area contributed by atoms with Gasteiger partial charge in [-0.2, -0.15) is 0 Å². The maximum atomic E-state index is 12.0. The molecule has 3 fully saturated rings. The van der Waals surface area contributed by atoms with Gasteiger partial charge in [0.2, 0.25) is 5.91 Å². The second kappa shape index (κ2) is 6.25. The topological polar surface area (TPSA) is 32.3 Å². The molecule has 1 aliphatic carbocycles. The Morgan fingerprint density at radius 1 is 0.889 bits per heavy atom. The zero-order valence-electron chi connectivity index (χ0n) is 11.1. The van der Waals surface area contributed by atoms with Gasteiger partial charge < -0.3 is 10.2 Å². The molecule has 3 nitrogen and oxygen atoms in total. The van der Waals surface area contributed by atoms with Crippen molar-refractivity contribution in [3.63, 3.8) is 0 Å². The van der Waals surface area contributed by atoms with Crippen LogP contribution in [0.15, 0.2) is 0 Å². The third-order valence-corrected chi connectivity index (χ3v) is 4.83. The molecule has 2 aliphatic heterocycles. The molecule has 0 atom stereocenters. The third-order valence-electron chi connectivity index (χ3n) is 4.83. The van der Waals surface area contributed by atoms with Crippen LogP contribution >= 0.6 is 12.4 Å². The monoisotopic (exact) mass is 272 g/mol. The van der Waals surface area contributed by atoms with Crippen molar-refractivity contribution in [3.8, 4) is 0 Å². The van der Waals surface area contributed by atoms with Gasteiger partial charge in [-0.1, -0.05) is 0 Å². The van der Waals surface area contributed by atoms with Crippen LogP contribution in [-0.2, 0) is 4.79 Å². The van der Waals surface area contributed by atoms with Crippen molar-refractivity contribution in [1.29, 1.82) is 0 Å². The molecular weight excluding hydrogens is 248 g/mol. The highest BCUT2D eigenvalue weighted by Gasteiger charge is 2.36. The number of halogens is 1. The molecule has 1 saturated carbocycles. The van der Waals surface area contributed by atoms with Gasteiger partial charge in [0, 0.05) is 19.0 Å². The van der Waals surface area contributed by atoms with Crippen molar-refractivity contribution in [2.45, 2.75) is 38.5 Å². The van der Waals surface area contributed by atoms with Crippen LogP contribution < -0.4 is 5.32 Å². The Morgan fingerprint density at radius 3 is 2.00 bits per heavy atom. The number of nitrogens with one attached hydrogen (secondary N) is 1. The SMILES string of the molecule is Cl.O=C(C1CC1)N1CCC(C2CCNCC2)CC1. The number of hydrogen-bond donors (Lipinski definition) is 1. The van der Waals surface area contributed by atoms with Crippen molar-refractivity contribution in [3.05, 3.63) is 0 Å². The highest BCUT2D eigenvalue weighted by molar-refractivity contribution is 5.85. The second-order valence-corrected chi connectivity index (χ2v) is 6.02. The molecule has 3 aliphatic rings. The van der Waals surface area contributed by atoms with Crippen molar-refractivity contribution < 1.29 is 4.79 Å². The molecule has 0 aromatic heterocycles. The van der Waals surface area contributed by atoms with E-state index in [1.165, 1.54) is 38.8 Å². The lowest BCUT2D eigenvalue weighted by Gasteiger charge is -2.37. The number of nitrogens with zero attached hydrogens (tertiary/aromatic N) is 1. The first-order valence-electron chi connectivity index (χ1n) is 7.34. The number of carbonyl (C=O) groups excluding carboxylic acids is 1. The molecule has 0 aromatic rings. The van der Waals surface area contributed by atoms with E-state index in [9.17, 15) is 4.79 Å². The zero-order chi connectivity index (χ0) is 11.7. The Bertz CT molecular complexity index is 280. The lowest BCUT2D eigenvalue weighted by molar-refractivity contribution is -0.134. The standard InChI is InChI=1S/C14H24N2O.ClH/c17-14(13-1-2-13)16-9-5-12(6-10-16)11-3-7-15-8-4-11;/h11-13,15H,1-10H2;1H. The highest BCUT2D eigenvalue weighted by atomic mass is 35.5. The number of amides is 1. The molecule has 4 heteroatoms. The number of rotatable bonds is 2. The predicted molar refractivity (Wildman–Crippen MR) is 74.9 cm³/mol. The van der Waals surface area contributed by atoms with Crippen LogP contribution in [-0.4, -0.2) is 37.0 Å². The second-order valence-electron chi connectivity index (χ2n) is 6.02. The third kappa shape index (κ3) is 3.18. The minimum atomic E-state index is 0. The van der Waals surface area contributed by atoms with Crippen LogP contribution in [0.2, 0.25) is 0 Å². The molecule has 3 rings (SSSR count). The highest BCUT2D eigenvalue weighted by Crippen LogP contribution is 2.35. The van der Waals surface area contributed by atoms with Gasteiger partial charge in [0.15, 0.2) is 0 Å². The maximum absolute atomic E-state index is 12.0. The summed E-state index contributed by atoms with van der Waals surface area (Å²) in [4.78, 5) is 14.1. The van der Waals surface area contributed by atoms with Crippen molar-refractivity contribution in [1.82, 2.24) is 10.2 Å². The molecule has 1 amide bonds. The fraction of sp³-hybridized carbons (Fsp3) is 0.929. The summed E-state index contributed by atoms with van der Waals surface area (Å²) in [5.74, 6) is 2.67. The number of likely N-dealkylation sites (tertiary alicyclic amines) is 1. The smallest absolute Gasteiger partial charge is 0.225 e. The fourth-order valence-corrected chi connectivity index (χ4v) is 3.50. The zero-order valence-corrected chi connectivity index (χ0v) is 11.9. The molecule has 0 radical (unpaired) electrons. The normalized spacial score (nSPS) is 26.8. The van der Waals surface area contributed by atoms with E-state index >= 15 is 0 Å². The van der Waals surface area contributed by atoms with Crippen LogP contribution in [0.4, 0.5) is 0 Å². The summed E-state index contributed by atoms with van der Waals surface area (Å²) in [7, 11) is 0. The largest absolute Gasteiger partial charge is 0.342 e. The molecule has 0 aromatic carbocycles. The van der Waals surface area contributed by atoms with E-state index < -0.39 is 0 Å². The summed E-state index contributed by atoms with van der Waals surface area (Å²) < 4.78 is 0. The molecule has 0 bridgehead atoms. The summed E-state index contributed by atoms with van der Waals surface area (Å²) >= 11 is 0. The van der Waals surface area contributed by atoms with Gasteiger partial charge in [-0.05, 0) is 63.5 Å². The number of carbonyl (C=O) groups is 1. The molecule has 0 spiro atoms. The Morgan fingerprint density at radius 2 is 1.44 bits per heavy atom. The lowest BCUT2D eigenvalue weighted by Crippen LogP contribution is -2.42. The van der Waals surface area contributed by atoms with E-state index in [0.29, 0.717) is 11.8 Å². The molecule has 1 N–H and O–H groups in total. The maximum Gasteiger partial charge on any atom is 0.225 e. The quantitative estimate of drug-likeness (QED) is 0.835. The average molecular weight is 273 g/mol. The van der Waals surface area contributed by atoms with Gasteiger partial charge in [-0.15, -0.1) is 12.4 Å².